The third-order valence-electron chi connectivity index (χ3n) is 5.13. The molecule has 0 saturated carbocycles. The number of para-hydroxylation sites is 1. The maximum Gasteiger partial charge on any atom is 0.320 e. The third-order valence-corrected chi connectivity index (χ3v) is 7.67. The molecule has 3 aromatic rings. The normalized spacial score (nSPS) is 20.0. The number of thioether (sulfide) groups is 1. The Kier molecular flexibility index (Phi) is 4.40. The summed E-state index contributed by atoms with van der Waals surface area (Å²) in [5, 5.41) is 3.08. The number of amides is 2. The first kappa shape index (κ1) is 19.2. The van der Waals surface area contributed by atoms with Gasteiger partial charge in [0, 0.05) is 23.7 Å². The van der Waals surface area contributed by atoms with Crippen molar-refractivity contribution in [3.63, 3.8) is 0 Å². The van der Waals surface area contributed by atoms with Crippen LogP contribution in [0.1, 0.15) is 25.1 Å². The highest BCUT2D eigenvalue weighted by Gasteiger charge is 2.57. The lowest BCUT2D eigenvalue weighted by atomic mass is 10.2. The summed E-state index contributed by atoms with van der Waals surface area (Å²) >= 11 is 2.43. The predicted octanol–water partition coefficient (Wildman–Crippen LogP) is 4.28. The Hall–Kier alpha value is -2.79. The molecule has 0 aliphatic carbocycles. The molecule has 4 heterocycles. The van der Waals surface area contributed by atoms with E-state index < -0.39 is 11.4 Å². The lowest BCUT2D eigenvalue weighted by molar-refractivity contribution is -0.121. The van der Waals surface area contributed by atoms with Crippen LogP contribution in [0.3, 0.4) is 0 Å². The van der Waals surface area contributed by atoms with E-state index in [0.717, 1.165) is 26.5 Å². The molecule has 0 spiro atoms. The van der Waals surface area contributed by atoms with Crippen LogP contribution in [0.15, 0.2) is 41.6 Å². The zero-order valence-corrected chi connectivity index (χ0v) is 17.3. The van der Waals surface area contributed by atoms with Crippen molar-refractivity contribution in [2.24, 2.45) is 0 Å². The number of carbonyl (C=O) groups excluding carboxylic acids is 2. The Bertz CT molecular complexity index is 1180. The molecule has 1 N–H and O–H groups in total. The van der Waals surface area contributed by atoms with Gasteiger partial charge in [0.1, 0.15) is 0 Å². The van der Waals surface area contributed by atoms with E-state index in [1.165, 1.54) is 24.2 Å². The summed E-state index contributed by atoms with van der Waals surface area (Å²) in [7, 11) is 0. The van der Waals surface area contributed by atoms with E-state index in [1.807, 2.05) is 24.3 Å². The van der Waals surface area contributed by atoms with Crippen LogP contribution in [-0.2, 0) is 9.59 Å². The van der Waals surface area contributed by atoms with Crippen molar-refractivity contribution in [1.29, 1.82) is 0 Å². The van der Waals surface area contributed by atoms with Crippen LogP contribution in [0.25, 0.3) is 10.7 Å². The average molecular weight is 447 g/mol. The van der Waals surface area contributed by atoms with Crippen molar-refractivity contribution in [2.75, 3.05) is 10.2 Å². The second-order valence-electron chi connectivity index (χ2n) is 6.91. The molecule has 1 aromatic carbocycles. The van der Waals surface area contributed by atoms with Crippen molar-refractivity contribution in [2.45, 2.75) is 36.1 Å². The minimum Gasteiger partial charge on any atom is -0.299 e. The van der Waals surface area contributed by atoms with Crippen LogP contribution in [0.5, 0.6) is 0 Å². The van der Waals surface area contributed by atoms with E-state index >= 15 is 0 Å². The number of carbonyl (C=O) groups is 2. The van der Waals surface area contributed by atoms with E-state index in [2.05, 4.69) is 15.3 Å². The van der Waals surface area contributed by atoms with Gasteiger partial charge in [0.15, 0.2) is 15.8 Å². The van der Waals surface area contributed by atoms with Crippen molar-refractivity contribution in [3.8, 4) is 10.7 Å². The van der Waals surface area contributed by atoms with E-state index in [4.69, 9.17) is 0 Å². The molecule has 5 rings (SSSR count). The first-order chi connectivity index (χ1) is 14.4. The molecular formula is C19H15F2N5O2S2. The van der Waals surface area contributed by atoms with E-state index in [9.17, 15) is 18.4 Å². The van der Waals surface area contributed by atoms with Gasteiger partial charge in [0.2, 0.25) is 5.91 Å². The molecule has 2 aromatic heterocycles. The van der Waals surface area contributed by atoms with Crippen LogP contribution >= 0.6 is 23.1 Å². The van der Waals surface area contributed by atoms with Crippen LogP contribution in [-0.4, -0.2) is 31.2 Å². The third kappa shape index (κ3) is 2.76. The number of halogens is 2. The summed E-state index contributed by atoms with van der Waals surface area (Å²) in [4.78, 5) is 36.0. The summed E-state index contributed by atoms with van der Waals surface area (Å²) in [5.74, 6) is -0.358. The van der Waals surface area contributed by atoms with Gasteiger partial charge < -0.3 is 0 Å². The molecule has 154 valence electrons. The smallest absolute Gasteiger partial charge is 0.299 e. The second-order valence-corrected chi connectivity index (χ2v) is 9.23. The minimum atomic E-state index is -2.73. The minimum absolute atomic E-state index is 0.0963. The number of anilines is 2. The SMILES string of the molecule is Cc1nc(NC(=O)C23CCC(=O)N2c2ccccc2S3)sc1-c1nccn1C(F)F. The zero-order chi connectivity index (χ0) is 21.0. The molecule has 2 aliphatic rings. The predicted molar refractivity (Wildman–Crippen MR) is 110 cm³/mol. The number of hydrogen-bond acceptors (Lipinski definition) is 6. The van der Waals surface area contributed by atoms with Gasteiger partial charge in [-0.25, -0.2) is 9.97 Å². The number of thiazole rings is 1. The molecule has 1 unspecified atom stereocenters. The maximum absolute atomic E-state index is 13.3. The van der Waals surface area contributed by atoms with E-state index in [-0.39, 0.29) is 29.2 Å². The number of fused-ring (bicyclic) bond motifs is 3. The van der Waals surface area contributed by atoms with Crippen LogP contribution in [0.4, 0.5) is 19.6 Å². The summed E-state index contributed by atoms with van der Waals surface area (Å²) in [6.07, 6.45) is 3.16. The molecule has 2 amide bonds. The number of aromatic nitrogens is 3. The van der Waals surface area contributed by atoms with Gasteiger partial charge in [-0.2, -0.15) is 8.78 Å². The lowest BCUT2D eigenvalue weighted by Crippen LogP contribution is -2.49. The van der Waals surface area contributed by atoms with Gasteiger partial charge in [-0.3, -0.25) is 24.4 Å². The van der Waals surface area contributed by atoms with Crippen LogP contribution < -0.4 is 10.2 Å². The highest BCUT2D eigenvalue weighted by Crippen LogP contribution is 2.56. The zero-order valence-electron chi connectivity index (χ0n) is 15.6. The Balaban J connectivity index is 1.46. The highest BCUT2D eigenvalue weighted by molar-refractivity contribution is 8.02. The quantitative estimate of drug-likeness (QED) is 0.646. The van der Waals surface area contributed by atoms with E-state index in [1.54, 1.807) is 11.8 Å². The number of nitrogens with one attached hydrogen (secondary N) is 1. The molecule has 0 bridgehead atoms. The largest absolute Gasteiger partial charge is 0.320 e. The summed E-state index contributed by atoms with van der Waals surface area (Å²) in [6.45, 7) is -1.05. The highest BCUT2D eigenvalue weighted by atomic mass is 32.2. The van der Waals surface area contributed by atoms with Crippen molar-refractivity contribution >= 4 is 45.7 Å². The topological polar surface area (TPSA) is 80.1 Å². The van der Waals surface area contributed by atoms with Gasteiger partial charge in [0.25, 0.3) is 5.91 Å². The number of aryl methyl sites for hydroxylation is 1. The van der Waals surface area contributed by atoms with Crippen LogP contribution in [0, 0.1) is 6.92 Å². The molecule has 0 radical (unpaired) electrons. The van der Waals surface area contributed by atoms with Crippen molar-refractivity contribution in [3.05, 3.63) is 42.4 Å². The van der Waals surface area contributed by atoms with Crippen molar-refractivity contribution < 1.29 is 18.4 Å². The fourth-order valence-electron chi connectivity index (χ4n) is 3.80. The number of rotatable bonds is 4. The summed E-state index contributed by atoms with van der Waals surface area (Å²) < 4.78 is 27.2. The first-order valence-corrected chi connectivity index (χ1v) is 10.8. The lowest BCUT2D eigenvalue weighted by Gasteiger charge is -2.29. The van der Waals surface area contributed by atoms with Gasteiger partial charge in [-0.1, -0.05) is 35.2 Å². The Morgan fingerprint density at radius 3 is 2.93 bits per heavy atom. The fourth-order valence-corrected chi connectivity index (χ4v) is 6.17. The number of imidazole rings is 1. The molecule has 2 aliphatic heterocycles. The molecule has 30 heavy (non-hydrogen) atoms. The van der Waals surface area contributed by atoms with Crippen molar-refractivity contribution in [1.82, 2.24) is 14.5 Å². The summed E-state index contributed by atoms with van der Waals surface area (Å²) in [5.41, 5.74) is 1.22. The van der Waals surface area contributed by atoms with Gasteiger partial charge >= 0.3 is 6.55 Å². The molecule has 7 nitrogen and oxygen atoms in total. The first-order valence-electron chi connectivity index (χ1n) is 9.12. The molecule has 1 fully saturated rings. The summed E-state index contributed by atoms with van der Waals surface area (Å²) in [6, 6.07) is 7.42. The molecular weight excluding hydrogens is 432 g/mol. The van der Waals surface area contributed by atoms with Crippen LogP contribution in [0.2, 0.25) is 0 Å². The second kappa shape index (κ2) is 6.88. The maximum atomic E-state index is 13.3. The number of alkyl halides is 2. The number of hydrogen-bond donors (Lipinski definition) is 1. The van der Waals surface area contributed by atoms with Gasteiger partial charge in [-0.05, 0) is 25.5 Å². The van der Waals surface area contributed by atoms with Gasteiger partial charge in [-0.15, -0.1) is 0 Å². The van der Waals surface area contributed by atoms with E-state index in [0.29, 0.717) is 17.0 Å². The Morgan fingerprint density at radius 2 is 2.13 bits per heavy atom. The fraction of sp³-hybridized carbons (Fsp3) is 0.263. The monoisotopic (exact) mass is 447 g/mol. The Labute approximate surface area is 178 Å². The molecule has 1 atom stereocenters. The van der Waals surface area contributed by atoms with Gasteiger partial charge in [0.05, 0.1) is 16.3 Å². The number of benzene rings is 1. The average Bonchev–Trinajstić information content (AvgIpc) is 3.45. The Morgan fingerprint density at radius 1 is 1.33 bits per heavy atom. The standard InChI is InChI=1S/C19H15F2N5O2S2/c1-10-14(15-22-8-9-25(15)17(20)21)29-18(23-10)24-16(28)19-7-6-13(27)26(19)11-4-2-3-5-12(11)30-19/h2-5,8-9,17H,6-7H2,1H3,(H,23,24,28). The molecule has 1 saturated heterocycles. The number of nitrogens with zero attached hydrogens (tertiary/aromatic N) is 4. The molecule has 11 heteroatoms.